The van der Waals surface area contributed by atoms with Crippen LogP contribution in [0.2, 0.25) is 0 Å². The summed E-state index contributed by atoms with van der Waals surface area (Å²) in [4.78, 5) is 33.1. The van der Waals surface area contributed by atoms with E-state index in [2.05, 4.69) is 15.2 Å². The maximum Gasteiger partial charge on any atom is 0.244 e. The van der Waals surface area contributed by atoms with Gasteiger partial charge >= 0.3 is 0 Å². The van der Waals surface area contributed by atoms with Gasteiger partial charge in [-0.25, -0.2) is 13.4 Å². The highest BCUT2D eigenvalue weighted by atomic mass is 32.2. The number of sulfonamides is 1. The second-order valence-electron chi connectivity index (χ2n) is 7.79. The lowest BCUT2D eigenvalue weighted by Gasteiger charge is -2.31. The van der Waals surface area contributed by atoms with Gasteiger partial charge in [-0.15, -0.1) is 0 Å². The highest BCUT2D eigenvalue weighted by molar-refractivity contribution is 8.00. The minimum Gasteiger partial charge on any atom is -0.323 e. The summed E-state index contributed by atoms with van der Waals surface area (Å²) in [6, 6.07) is 10.3. The van der Waals surface area contributed by atoms with Crippen molar-refractivity contribution in [3.05, 3.63) is 42.6 Å². The topological polar surface area (TPSA) is 103 Å². The van der Waals surface area contributed by atoms with E-state index in [1.165, 1.54) is 33.2 Å². The first-order valence-corrected chi connectivity index (χ1v) is 12.6. The first-order valence-electron chi connectivity index (χ1n) is 10.3. The number of amides is 2. The molecular weight excluding hydrogens is 450 g/mol. The molecule has 3 heterocycles. The van der Waals surface area contributed by atoms with Gasteiger partial charge in [-0.3, -0.25) is 14.5 Å². The number of carbonyl (C=O) groups excluding carboxylic acids is 2. The zero-order chi connectivity index (χ0) is 22.9. The normalized spacial score (nSPS) is 18.7. The van der Waals surface area contributed by atoms with Crippen LogP contribution in [0.15, 0.2) is 52.5 Å². The molecule has 2 aromatic rings. The van der Waals surface area contributed by atoms with Gasteiger partial charge in [0.1, 0.15) is 11.4 Å². The molecule has 0 spiro atoms. The standard InChI is InChI=1S/C21H25N5O4S2/c1-15(21(28)26-14-19(27)23-17-5-3-4-6-18(17)26)31-20-8-7-16(13-22-20)32(29,30)25-11-9-24(2)10-12-25/h3-8,13,15H,9-12,14H2,1-2H3,(H,23,27)/t15-/m1/s1. The molecule has 0 unspecified atom stereocenters. The Kier molecular flexibility index (Phi) is 6.52. The van der Waals surface area contributed by atoms with Crippen molar-refractivity contribution in [2.75, 3.05) is 50.0 Å². The zero-order valence-electron chi connectivity index (χ0n) is 17.9. The molecule has 1 atom stereocenters. The van der Waals surface area contributed by atoms with Crippen LogP contribution in [-0.2, 0) is 19.6 Å². The van der Waals surface area contributed by atoms with Crippen molar-refractivity contribution in [1.82, 2.24) is 14.2 Å². The van der Waals surface area contributed by atoms with Crippen molar-refractivity contribution in [2.45, 2.75) is 22.1 Å². The number of anilines is 2. The summed E-state index contributed by atoms with van der Waals surface area (Å²) in [7, 11) is -1.62. The molecule has 1 N–H and O–H groups in total. The van der Waals surface area contributed by atoms with Crippen LogP contribution < -0.4 is 10.2 Å². The number of carbonyl (C=O) groups is 2. The number of thioether (sulfide) groups is 1. The Bertz CT molecular complexity index is 1120. The van der Waals surface area contributed by atoms with E-state index in [-0.39, 0.29) is 23.3 Å². The van der Waals surface area contributed by atoms with Crippen LogP contribution in [-0.4, -0.2) is 79.4 Å². The number of hydrogen-bond acceptors (Lipinski definition) is 7. The number of fused-ring (bicyclic) bond motifs is 1. The van der Waals surface area contributed by atoms with E-state index in [9.17, 15) is 18.0 Å². The predicted octanol–water partition coefficient (Wildman–Crippen LogP) is 1.48. The van der Waals surface area contributed by atoms with Crippen molar-refractivity contribution in [1.29, 1.82) is 0 Å². The summed E-state index contributed by atoms with van der Waals surface area (Å²) in [6.07, 6.45) is 1.34. The zero-order valence-corrected chi connectivity index (χ0v) is 19.5. The molecule has 1 fully saturated rings. The summed E-state index contributed by atoms with van der Waals surface area (Å²) in [6.45, 7) is 3.99. The maximum atomic E-state index is 13.1. The summed E-state index contributed by atoms with van der Waals surface area (Å²) in [5.74, 6) is -0.459. The highest BCUT2D eigenvalue weighted by Gasteiger charge is 2.31. The Morgan fingerprint density at radius 2 is 1.84 bits per heavy atom. The second-order valence-corrected chi connectivity index (χ2v) is 11.1. The van der Waals surface area contributed by atoms with E-state index in [1.54, 1.807) is 31.2 Å². The molecule has 1 aromatic heterocycles. The molecule has 1 aromatic carbocycles. The molecule has 4 rings (SSSR count). The van der Waals surface area contributed by atoms with Gasteiger partial charge in [0.15, 0.2) is 0 Å². The van der Waals surface area contributed by atoms with Crippen LogP contribution in [0.4, 0.5) is 11.4 Å². The van der Waals surface area contributed by atoms with Crippen LogP contribution in [0.1, 0.15) is 6.92 Å². The summed E-state index contributed by atoms with van der Waals surface area (Å²) in [5, 5.41) is 2.79. The van der Waals surface area contributed by atoms with Crippen molar-refractivity contribution < 1.29 is 18.0 Å². The molecule has 2 aliphatic rings. The Balaban J connectivity index is 1.45. The fourth-order valence-electron chi connectivity index (χ4n) is 3.65. The monoisotopic (exact) mass is 475 g/mol. The van der Waals surface area contributed by atoms with Gasteiger partial charge in [-0.2, -0.15) is 4.31 Å². The third kappa shape index (κ3) is 4.65. The van der Waals surface area contributed by atoms with E-state index in [0.717, 1.165) is 0 Å². The number of aromatic nitrogens is 1. The van der Waals surface area contributed by atoms with Crippen molar-refractivity contribution >= 4 is 45.0 Å². The van der Waals surface area contributed by atoms with Crippen LogP contribution in [0, 0.1) is 0 Å². The number of pyridine rings is 1. The molecule has 2 aliphatic heterocycles. The van der Waals surface area contributed by atoms with Crippen LogP contribution in [0.5, 0.6) is 0 Å². The van der Waals surface area contributed by atoms with Crippen LogP contribution >= 0.6 is 11.8 Å². The summed E-state index contributed by atoms with van der Waals surface area (Å²) >= 11 is 1.23. The van der Waals surface area contributed by atoms with E-state index >= 15 is 0 Å². The minimum absolute atomic E-state index is 0.0453. The Morgan fingerprint density at radius 3 is 2.53 bits per heavy atom. The molecule has 1 saturated heterocycles. The number of likely N-dealkylation sites (N-methyl/N-ethyl adjacent to an activating group) is 1. The number of para-hydroxylation sites is 2. The fraction of sp³-hybridized carbons (Fsp3) is 0.381. The molecule has 9 nitrogen and oxygen atoms in total. The number of nitrogens with zero attached hydrogens (tertiary/aromatic N) is 4. The lowest BCUT2D eigenvalue weighted by Crippen LogP contribution is -2.47. The number of benzene rings is 1. The minimum atomic E-state index is -3.59. The van der Waals surface area contributed by atoms with E-state index < -0.39 is 15.3 Å². The number of piperazine rings is 1. The van der Waals surface area contributed by atoms with E-state index in [4.69, 9.17) is 0 Å². The van der Waals surface area contributed by atoms with Crippen LogP contribution in [0.3, 0.4) is 0 Å². The molecule has 0 bridgehead atoms. The average Bonchev–Trinajstić information content (AvgIpc) is 2.78. The average molecular weight is 476 g/mol. The Labute approximate surface area is 191 Å². The Morgan fingerprint density at radius 1 is 1.12 bits per heavy atom. The SMILES string of the molecule is C[C@@H](Sc1ccc(S(=O)(=O)N2CCN(C)CC2)cn1)C(=O)N1CC(=O)Nc2ccccc21. The Hall–Kier alpha value is -2.47. The van der Waals surface area contributed by atoms with Gasteiger partial charge in [0.25, 0.3) is 0 Å². The van der Waals surface area contributed by atoms with Gasteiger partial charge < -0.3 is 10.2 Å². The molecule has 11 heteroatoms. The van der Waals surface area contributed by atoms with Gasteiger partial charge in [0.05, 0.1) is 21.7 Å². The molecule has 0 aliphatic carbocycles. The summed E-state index contributed by atoms with van der Waals surface area (Å²) < 4.78 is 27.2. The van der Waals surface area contributed by atoms with Crippen LogP contribution in [0.25, 0.3) is 0 Å². The first-order chi connectivity index (χ1) is 15.3. The lowest BCUT2D eigenvalue weighted by atomic mass is 10.2. The predicted molar refractivity (Wildman–Crippen MR) is 123 cm³/mol. The van der Waals surface area contributed by atoms with Crippen molar-refractivity contribution in [3.8, 4) is 0 Å². The van der Waals surface area contributed by atoms with E-state index in [1.807, 2.05) is 13.1 Å². The molecule has 2 amide bonds. The number of rotatable bonds is 5. The third-order valence-electron chi connectivity index (χ3n) is 5.49. The van der Waals surface area contributed by atoms with Gasteiger partial charge in [0.2, 0.25) is 21.8 Å². The number of nitrogens with one attached hydrogen (secondary N) is 1. The third-order valence-corrected chi connectivity index (χ3v) is 8.41. The first kappa shape index (κ1) is 22.7. The molecule has 0 saturated carbocycles. The lowest BCUT2D eigenvalue weighted by molar-refractivity contribution is -0.121. The maximum absolute atomic E-state index is 13.1. The fourth-order valence-corrected chi connectivity index (χ4v) is 5.87. The van der Waals surface area contributed by atoms with Crippen molar-refractivity contribution in [3.63, 3.8) is 0 Å². The molecular formula is C21H25N5O4S2. The second kappa shape index (κ2) is 9.18. The van der Waals surface area contributed by atoms with Gasteiger partial charge in [-0.05, 0) is 38.2 Å². The largest absolute Gasteiger partial charge is 0.323 e. The van der Waals surface area contributed by atoms with E-state index in [0.29, 0.717) is 42.6 Å². The van der Waals surface area contributed by atoms with Gasteiger partial charge in [-0.1, -0.05) is 23.9 Å². The molecule has 170 valence electrons. The molecule has 32 heavy (non-hydrogen) atoms. The van der Waals surface area contributed by atoms with Gasteiger partial charge in [0, 0.05) is 32.4 Å². The van der Waals surface area contributed by atoms with Crippen molar-refractivity contribution in [2.24, 2.45) is 0 Å². The quantitative estimate of drug-likeness (QED) is 0.654. The number of hydrogen-bond donors (Lipinski definition) is 1. The summed E-state index contributed by atoms with van der Waals surface area (Å²) in [5.41, 5.74) is 1.26. The highest BCUT2D eigenvalue weighted by Crippen LogP contribution is 2.32. The molecule has 0 radical (unpaired) electrons. The smallest absolute Gasteiger partial charge is 0.244 e.